The molecule has 0 radical (unpaired) electrons. The number of amides is 4. The van der Waals surface area contributed by atoms with Crippen molar-refractivity contribution in [2.24, 2.45) is 0 Å². The SMILES string of the molecule is O=C1NC2(C(=O)Nc3cc(Cl)c(Cl)cc32)C(=O)N1Cc1ccc(Cl)c(Cl)c1. The molecule has 1 saturated heterocycles. The summed E-state index contributed by atoms with van der Waals surface area (Å²) in [6.07, 6.45) is 0. The van der Waals surface area contributed by atoms with Gasteiger partial charge in [-0.3, -0.25) is 14.5 Å². The first-order chi connectivity index (χ1) is 12.7. The van der Waals surface area contributed by atoms with E-state index in [0.29, 0.717) is 21.3 Å². The van der Waals surface area contributed by atoms with Gasteiger partial charge < -0.3 is 10.6 Å². The van der Waals surface area contributed by atoms with Crippen LogP contribution in [0, 0.1) is 0 Å². The highest BCUT2D eigenvalue weighted by molar-refractivity contribution is 6.43. The number of nitrogens with one attached hydrogen (secondary N) is 2. The molecule has 2 heterocycles. The first-order valence-corrected chi connectivity index (χ1v) is 9.14. The van der Waals surface area contributed by atoms with Crippen LogP contribution in [0.5, 0.6) is 0 Å². The number of hydrogen-bond donors (Lipinski definition) is 2. The third-order valence-corrected chi connectivity index (χ3v) is 5.94. The van der Waals surface area contributed by atoms with Gasteiger partial charge in [0.25, 0.3) is 11.8 Å². The minimum Gasteiger partial charge on any atom is -0.323 e. The highest BCUT2D eigenvalue weighted by Gasteiger charge is 2.61. The maximum atomic E-state index is 13.1. The summed E-state index contributed by atoms with van der Waals surface area (Å²) in [6, 6.07) is 6.88. The Hall–Kier alpha value is -1.99. The molecule has 1 spiro atoms. The number of imide groups is 1. The number of urea groups is 1. The largest absolute Gasteiger partial charge is 0.326 e. The Kier molecular flexibility index (Phi) is 4.27. The smallest absolute Gasteiger partial charge is 0.323 e. The Balaban J connectivity index is 1.74. The summed E-state index contributed by atoms with van der Waals surface area (Å²) in [5.74, 6) is -1.39. The summed E-state index contributed by atoms with van der Waals surface area (Å²) in [6.45, 7) is -0.0762. The Labute approximate surface area is 173 Å². The molecule has 138 valence electrons. The summed E-state index contributed by atoms with van der Waals surface area (Å²) >= 11 is 23.9. The molecule has 0 aliphatic carbocycles. The van der Waals surface area contributed by atoms with Crippen molar-refractivity contribution in [1.29, 1.82) is 0 Å². The molecule has 2 aromatic rings. The third-order valence-electron chi connectivity index (χ3n) is 4.48. The van der Waals surface area contributed by atoms with Crippen molar-refractivity contribution in [2.45, 2.75) is 12.1 Å². The lowest BCUT2D eigenvalue weighted by molar-refractivity contribution is -0.137. The van der Waals surface area contributed by atoms with Crippen LogP contribution in [-0.2, 0) is 21.7 Å². The van der Waals surface area contributed by atoms with E-state index < -0.39 is 23.4 Å². The van der Waals surface area contributed by atoms with Crippen molar-refractivity contribution in [3.05, 3.63) is 61.5 Å². The Morgan fingerprint density at radius 2 is 1.56 bits per heavy atom. The normalized spacial score (nSPS) is 20.9. The van der Waals surface area contributed by atoms with Crippen molar-refractivity contribution >= 4 is 69.9 Å². The number of anilines is 1. The fraction of sp³-hybridized carbons (Fsp3) is 0.118. The molecule has 27 heavy (non-hydrogen) atoms. The molecular formula is C17H9Cl4N3O3. The Bertz CT molecular complexity index is 1040. The minimum absolute atomic E-state index is 0.0762. The van der Waals surface area contributed by atoms with Crippen LogP contribution in [-0.4, -0.2) is 22.7 Å². The second-order valence-corrected chi connectivity index (χ2v) is 7.71. The van der Waals surface area contributed by atoms with Crippen molar-refractivity contribution in [3.8, 4) is 0 Å². The van der Waals surface area contributed by atoms with Crippen LogP contribution in [0.25, 0.3) is 0 Å². The average molecular weight is 445 g/mol. The molecule has 4 amide bonds. The van der Waals surface area contributed by atoms with Crippen molar-refractivity contribution in [1.82, 2.24) is 10.2 Å². The summed E-state index contributed by atoms with van der Waals surface area (Å²) in [5, 5.41) is 6.09. The van der Waals surface area contributed by atoms with E-state index in [0.717, 1.165) is 4.90 Å². The third kappa shape index (κ3) is 2.67. The second kappa shape index (κ2) is 6.27. The fourth-order valence-corrected chi connectivity index (χ4v) is 3.82. The summed E-state index contributed by atoms with van der Waals surface area (Å²) in [5.41, 5.74) is -0.731. The monoisotopic (exact) mass is 443 g/mol. The van der Waals surface area contributed by atoms with Gasteiger partial charge in [0.1, 0.15) is 0 Å². The van der Waals surface area contributed by atoms with Gasteiger partial charge in [0.05, 0.1) is 26.6 Å². The van der Waals surface area contributed by atoms with Crippen molar-refractivity contribution < 1.29 is 14.4 Å². The van der Waals surface area contributed by atoms with Gasteiger partial charge in [0.2, 0.25) is 5.54 Å². The molecule has 2 aliphatic heterocycles. The molecule has 1 unspecified atom stereocenters. The number of rotatable bonds is 2. The minimum atomic E-state index is -1.88. The van der Waals surface area contributed by atoms with E-state index in [4.69, 9.17) is 46.4 Å². The molecule has 10 heteroatoms. The van der Waals surface area contributed by atoms with E-state index in [2.05, 4.69) is 10.6 Å². The van der Waals surface area contributed by atoms with E-state index in [9.17, 15) is 14.4 Å². The molecule has 0 aromatic heterocycles. The number of hydrogen-bond acceptors (Lipinski definition) is 3. The van der Waals surface area contributed by atoms with Gasteiger partial charge in [-0.2, -0.15) is 0 Å². The number of nitrogens with zero attached hydrogens (tertiary/aromatic N) is 1. The summed E-state index contributed by atoms with van der Waals surface area (Å²) < 4.78 is 0. The van der Waals surface area contributed by atoms with E-state index in [1.807, 2.05) is 0 Å². The number of carbonyl (C=O) groups excluding carboxylic acids is 3. The number of fused-ring (bicyclic) bond motifs is 2. The molecule has 2 aromatic carbocycles. The first kappa shape index (κ1) is 18.4. The van der Waals surface area contributed by atoms with Crippen LogP contribution in [0.2, 0.25) is 20.1 Å². The predicted octanol–water partition coefficient (Wildman–Crippen LogP) is 4.20. The molecule has 6 nitrogen and oxygen atoms in total. The molecule has 2 N–H and O–H groups in total. The maximum Gasteiger partial charge on any atom is 0.326 e. The zero-order chi connectivity index (χ0) is 19.5. The van der Waals surface area contributed by atoms with Crippen LogP contribution in [0.4, 0.5) is 10.5 Å². The number of benzene rings is 2. The predicted molar refractivity (Wildman–Crippen MR) is 102 cm³/mol. The molecule has 0 bridgehead atoms. The first-order valence-electron chi connectivity index (χ1n) is 7.63. The number of halogens is 4. The van der Waals surface area contributed by atoms with E-state index in [1.54, 1.807) is 18.2 Å². The lowest BCUT2D eigenvalue weighted by Crippen LogP contribution is -2.49. The lowest BCUT2D eigenvalue weighted by atomic mass is 9.91. The quantitative estimate of drug-likeness (QED) is 0.538. The molecule has 1 atom stereocenters. The zero-order valence-corrected chi connectivity index (χ0v) is 16.3. The van der Waals surface area contributed by atoms with Gasteiger partial charge in [0.15, 0.2) is 0 Å². The van der Waals surface area contributed by atoms with E-state index in [1.165, 1.54) is 12.1 Å². The topological polar surface area (TPSA) is 78.5 Å². The van der Waals surface area contributed by atoms with Crippen LogP contribution >= 0.6 is 46.4 Å². The summed E-state index contributed by atoms with van der Waals surface area (Å²) in [7, 11) is 0. The van der Waals surface area contributed by atoms with Gasteiger partial charge in [-0.1, -0.05) is 52.5 Å². The molecular weight excluding hydrogens is 436 g/mol. The van der Waals surface area contributed by atoms with Gasteiger partial charge in [-0.25, -0.2) is 4.79 Å². The zero-order valence-electron chi connectivity index (χ0n) is 13.3. The van der Waals surface area contributed by atoms with E-state index >= 15 is 0 Å². The molecule has 0 saturated carbocycles. The molecule has 1 fully saturated rings. The second-order valence-electron chi connectivity index (χ2n) is 6.09. The number of carbonyl (C=O) groups is 3. The van der Waals surface area contributed by atoms with Gasteiger partial charge >= 0.3 is 6.03 Å². The average Bonchev–Trinajstić information content (AvgIpc) is 3.01. The van der Waals surface area contributed by atoms with E-state index in [-0.39, 0.29) is 22.2 Å². The Morgan fingerprint density at radius 1 is 0.889 bits per heavy atom. The van der Waals surface area contributed by atoms with Gasteiger partial charge in [-0.05, 0) is 29.8 Å². The van der Waals surface area contributed by atoms with Gasteiger partial charge in [0, 0.05) is 11.3 Å². The van der Waals surface area contributed by atoms with Gasteiger partial charge in [-0.15, -0.1) is 0 Å². The highest BCUT2D eigenvalue weighted by Crippen LogP contribution is 2.44. The van der Waals surface area contributed by atoms with Crippen LogP contribution in [0.15, 0.2) is 30.3 Å². The van der Waals surface area contributed by atoms with Crippen molar-refractivity contribution in [3.63, 3.8) is 0 Å². The fourth-order valence-electron chi connectivity index (χ4n) is 3.18. The highest BCUT2D eigenvalue weighted by atomic mass is 35.5. The van der Waals surface area contributed by atoms with Crippen molar-refractivity contribution in [2.75, 3.05) is 5.32 Å². The maximum absolute atomic E-state index is 13.1. The summed E-state index contributed by atoms with van der Waals surface area (Å²) in [4.78, 5) is 39.2. The Morgan fingerprint density at radius 3 is 2.26 bits per heavy atom. The lowest BCUT2D eigenvalue weighted by Gasteiger charge is -2.19. The molecule has 2 aliphatic rings. The van der Waals surface area contributed by atoms with Crippen LogP contribution in [0.1, 0.15) is 11.1 Å². The standard InChI is InChI=1S/C17H9Cl4N3O3/c18-9-2-1-7(3-10(9)19)6-24-15(26)17(23-16(24)27)8-4-11(20)12(21)5-13(8)22-14(17)25/h1-5H,6H2,(H,22,25)(H,23,27). The molecule has 4 rings (SSSR count). The van der Waals surface area contributed by atoms with Crippen LogP contribution < -0.4 is 10.6 Å². The van der Waals surface area contributed by atoms with Crippen LogP contribution in [0.3, 0.4) is 0 Å².